The van der Waals surface area contributed by atoms with E-state index in [1.807, 2.05) is 19.1 Å². The van der Waals surface area contributed by atoms with E-state index in [-0.39, 0.29) is 11.3 Å². The molecule has 0 radical (unpaired) electrons. The first kappa shape index (κ1) is 13.6. The molecule has 0 bridgehead atoms. The maximum absolute atomic E-state index is 11.2. The van der Waals surface area contributed by atoms with Crippen molar-refractivity contribution in [2.75, 3.05) is 6.61 Å². The molecule has 0 amide bonds. The fraction of sp³-hybridized carbons (Fsp3) is 0.133. The van der Waals surface area contributed by atoms with Crippen LogP contribution in [0.4, 0.5) is 5.69 Å². The molecule has 0 spiro atoms. The molecule has 0 unspecified atom stereocenters. The minimum atomic E-state index is -0.487. The summed E-state index contributed by atoms with van der Waals surface area (Å²) in [6.45, 7) is 2.32. The van der Waals surface area contributed by atoms with Crippen molar-refractivity contribution >= 4 is 5.69 Å². The summed E-state index contributed by atoms with van der Waals surface area (Å²) in [5.41, 5.74) is 1.24. The van der Waals surface area contributed by atoms with Crippen molar-refractivity contribution in [2.45, 2.75) is 6.92 Å². The first-order valence-corrected chi connectivity index (χ1v) is 6.08. The average molecular weight is 268 g/mol. The van der Waals surface area contributed by atoms with Crippen molar-refractivity contribution < 1.29 is 9.66 Å². The second kappa shape index (κ2) is 5.85. The maximum atomic E-state index is 11.2. The Morgan fingerprint density at radius 2 is 2.00 bits per heavy atom. The van der Waals surface area contributed by atoms with Crippen LogP contribution < -0.4 is 4.74 Å². The topological polar surface area (TPSA) is 76.2 Å². The summed E-state index contributed by atoms with van der Waals surface area (Å²) in [5.74, 6) is 0.586. The molecule has 0 atom stereocenters. The molecule has 5 heteroatoms. The number of nitro benzene ring substituents is 1. The smallest absolute Gasteiger partial charge is 0.278 e. The van der Waals surface area contributed by atoms with Gasteiger partial charge in [-0.1, -0.05) is 18.2 Å². The van der Waals surface area contributed by atoms with Gasteiger partial charge in [0.05, 0.1) is 28.7 Å². The lowest BCUT2D eigenvalue weighted by atomic mass is 10.0. The quantitative estimate of drug-likeness (QED) is 0.627. The molecule has 0 aliphatic carbocycles. The molecule has 2 rings (SSSR count). The SMILES string of the molecule is CCOc1ccccc1-c1ccc(C#N)cc1[N+](=O)[O-]. The monoisotopic (exact) mass is 268 g/mol. The molecule has 5 nitrogen and oxygen atoms in total. The Morgan fingerprint density at radius 3 is 2.65 bits per heavy atom. The molecule has 100 valence electrons. The van der Waals surface area contributed by atoms with Gasteiger partial charge < -0.3 is 4.74 Å². The van der Waals surface area contributed by atoms with Gasteiger partial charge in [-0.15, -0.1) is 0 Å². The van der Waals surface area contributed by atoms with E-state index >= 15 is 0 Å². The van der Waals surface area contributed by atoms with Crippen molar-refractivity contribution in [3.63, 3.8) is 0 Å². The number of benzene rings is 2. The predicted octanol–water partition coefficient (Wildman–Crippen LogP) is 3.53. The summed E-state index contributed by atoms with van der Waals surface area (Å²) in [4.78, 5) is 10.7. The van der Waals surface area contributed by atoms with Crippen LogP contribution in [-0.2, 0) is 0 Å². The van der Waals surface area contributed by atoms with Gasteiger partial charge in [-0.25, -0.2) is 0 Å². The van der Waals surface area contributed by atoms with Crippen LogP contribution in [0.1, 0.15) is 12.5 Å². The van der Waals surface area contributed by atoms with Gasteiger partial charge in [0.2, 0.25) is 0 Å². The van der Waals surface area contributed by atoms with Crippen LogP contribution >= 0.6 is 0 Å². The van der Waals surface area contributed by atoms with Crippen molar-refractivity contribution in [1.82, 2.24) is 0 Å². The Bertz CT molecular complexity index is 690. The maximum Gasteiger partial charge on any atom is 0.278 e. The normalized spacial score (nSPS) is 9.80. The first-order valence-electron chi connectivity index (χ1n) is 6.08. The van der Waals surface area contributed by atoms with Crippen molar-refractivity contribution in [3.05, 3.63) is 58.1 Å². The second-order valence-electron chi connectivity index (χ2n) is 4.03. The molecule has 0 aliphatic rings. The third-order valence-electron chi connectivity index (χ3n) is 2.80. The number of ether oxygens (including phenoxy) is 1. The number of nitrogens with zero attached hydrogens (tertiary/aromatic N) is 2. The molecule has 0 saturated heterocycles. The van der Waals surface area contributed by atoms with Crippen LogP contribution in [0.15, 0.2) is 42.5 Å². The summed E-state index contributed by atoms with van der Waals surface area (Å²) < 4.78 is 5.50. The third-order valence-corrected chi connectivity index (χ3v) is 2.80. The first-order chi connectivity index (χ1) is 9.67. The predicted molar refractivity (Wildman–Crippen MR) is 74.4 cm³/mol. The highest BCUT2D eigenvalue weighted by Crippen LogP contribution is 2.36. The minimum Gasteiger partial charge on any atom is -0.493 e. The fourth-order valence-corrected chi connectivity index (χ4v) is 1.95. The molecule has 20 heavy (non-hydrogen) atoms. The van der Waals surface area contributed by atoms with Gasteiger partial charge >= 0.3 is 0 Å². The van der Waals surface area contributed by atoms with Crippen LogP contribution in [0, 0.1) is 21.4 Å². The van der Waals surface area contributed by atoms with Crippen LogP contribution in [0.2, 0.25) is 0 Å². The van der Waals surface area contributed by atoms with Crippen molar-refractivity contribution in [1.29, 1.82) is 5.26 Å². The zero-order valence-electron chi connectivity index (χ0n) is 10.9. The van der Waals surface area contributed by atoms with Crippen LogP contribution in [0.5, 0.6) is 5.75 Å². The number of hydrogen-bond acceptors (Lipinski definition) is 4. The second-order valence-corrected chi connectivity index (χ2v) is 4.03. The molecule has 0 saturated carbocycles. The van der Waals surface area contributed by atoms with E-state index in [1.54, 1.807) is 30.3 Å². The van der Waals surface area contributed by atoms with Crippen molar-refractivity contribution in [3.8, 4) is 22.9 Å². The van der Waals surface area contributed by atoms with Gasteiger partial charge in [-0.3, -0.25) is 10.1 Å². The highest BCUT2D eigenvalue weighted by atomic mass is 16.6. The van der Waals surface area contributed by atoms with Gasteiger partial charge in [-0.2, -0.15) is 5.26 Å². The standard InChI is InChI=1S/C15H12N2O3/c1-2-20-15-6-4-3-5-13(15)12-8-7-11(10-16)9-14(12)17(18)19/h3-9H,2H2,1H3. The number of hydrogen-bond donors (Lipinski definition) is 0. The minimum absolute atomic E-state index is 0.101. The summed E-state index contributed by atoms with van der Waals surface area (Å²) >= 11 is 0. The molecule has 0 aliphatic heterocycles. The molecular formula is C15H12N2O3. The van der Waals surface area contributed by atoms with Crippen molar-refractivity contribution in [2.24, 2.45) is 0 Å². The summed E-state index contributed by atoms with van der Waals surface area (Å²) in [7, 11) is 0. The number of nitro groups is 1. The number of nitriles is 1. The van der Waals surface area contributed by atoms with Crippen LogP contribution in [0.3, 0.4) is 0 Å². The zero-order valence-corrected chi connectivity index (χ0v) is 10.9. The molecule has 0 heterocycles. The van der Waals surface area contributed by atoms with E-state index in [0.29, 0.717) is 23.5 Å². The summed E-state index contributed by atoms with van der Waals surface area (Å²) in [6, 6.07) is 13.4. The molecular weight excluding hydrogens is 256 g/mol. The summed E-state index contributed by atoms with van der Waals surface area (Å²) in [6.07, 6.45) is 0. The van der Waals surface area contributed by atoms with E-state index in [4.69, 9.17) is 10.00 Å². The average Bonchev–Trinajstić information content (AvgIpc) is 2.47. The number of rotatable bonds is 4. The Kier molecular flexibility index (Phi) is 3.96. The van der Waals surface area contributed by atoms with Gasteiger partial charge in [0, 0.05) is 11.6 Å². The van der Waals surface area contributed by atoms with Gasteiger partial charge in [0.25, 0.3) is 5.69 Å². The molecule has 0 fully saturated rings. The Labute approximate surface area is 116 Å². The largest absolute Gasteiger partial charge is 0.493 e. The van der Waals surface area contributed by atoms with Crippen LogP contribution in [0.25, 0.3) is 11.1 Å². The van der Waals surface area contributed by atoms with E-state index in [0.717, 1.165) is 0 Å². The van der Waals surface area contributed by atoms with E-state index < -0.39 is 4.92 Å². The lowest BCUT2D eigenvalue weighted by molar-refractivity contribution is -0.384. The highest BCUT2D eigenvalue weighted by Gasteiger charge is 2.18. The van der Waals surface area contributed by atoms with E-state index in [1.165, 1.54) is 6.07 Å². The third kappa shape index (κ3) is 2.59. The number of para-hydroxylation sites is 1. The molecule has 2 aromatic carbocycles. The van der Waals surface area contributed by atoms with Gasteiger partial charge in [0.15, 0.2) is 0 Å². The zero-order chi connectivity index (χ0) is 14.5. The fourth-order valence-electron chi connectivity index (χ4n) is 1.95. The molecule has 0 aromatic heterocycles. The molecule has 0 N–H and O–H groups in total. The van der Waals surface area contributed by atoms with E-state index in [2.05, 4.69) is 0 Å². The highest BCUT2D eigenvalue weighted by molar-refractivity contribution is 5.79. The van der Waals surface area contributed by atoms with Crippen LogP contribution in [-0.4, -0.2) is 11.5 Å². The lowest BCUT2D eigenvalue weighted by Gasteiger charge is -2.10. The van der Waals surface area contributed by atoms with Gasteiger partial charge in [-0.05, 0) is 25.1 Å². The van der Waals surface area contributed by atoms with E-state index in [9.17, 15) is 10.1 Å². The Morgan fingerprint density at radius 1 is 1.25 bits per heavy atom. The summed E-state index contributed by atoms with van der Waals surface area (Å²) in [5, 5.41) is 20.0. The molecule has 2 aromatic rings. The Balaban J connectivity index is 2.64. The Hall–Kier alpha value is -2.87. The van der Waals surface area contributed by atoms with Gasteiger partial charge in [0.1, 0.15) is 5.75 Å². The lowest BCUT2D eigenvalue weighted by Crippen LogP contribution is -1.97.